The lowest BCUT2D eigenvalue weighted by molar-refractivity contribution is 0.0429. The molecule has 11 heteroatoms. The van der Waals surface area contributed by atoms with Gasteiger partial charge in [0, 0.05) is 19.2 Å². The van der Waals surface area contributed by atoms with E-state index in [-0.39, 0.29) is 28.8 Å². The van der Waals surface area contributed by atoms with E-state index >= 15 is 0 Å². The van der Waals surface area contributed by atoms with Gasteiger partial charge in [0.25, 0.3) is 5.89 Å². The number of hydrogen-bond acceptors (Lipinski definition) is 9. The summed E-state index contributed by atoms with van der Waals surface area (Å²) < 4.78 is 47.6. The summed E-state index contributed by atoms with van der Waals surface area (Å²) in [6.45, 7) is 3.87. The number of ether oxygens (including phenoxy) is 3. The summed E-state index contributed by atoms with van der Waals surface area (Å²) in [6.07, 6.45) is 0. The van der Waals surface area contributed by atoms with E-state index in [0.717, 1.165) is 0 Å². The molecule has 3 rings (SSSR count). The predicted molar refractivity (Wildman–Crippen MR) is 119 cm³/mol. The third kappa shape index (κ3) is 5.32. The van der Waals surface area contributed by atoms with Crippen LogP contribution in [0.4, 0.5) is 0 Å². The van der Waals surface area contributed by atoms with E-state index in [0.29, 0.717) is 30.2 Å². The SMILES string of the molecule is CCN(CC)S(=O)(=O)c1cccc(C(=O)OCc2nc(-c3ccc(OC)cc3OC)no2)c1. The summed E-state index contributed by atoms with van der Waals surface area (Å²) in [5, 5.41) is 3.90. The Bertz CT molecular complexity index is 1220. The molecule has 0 saturated heterocycles. The highest BCUT2D eigenvalue weighted by atomic mass is 32.2. The minimum absolute atomic E-state index is 0.0207. The van der Waals surface area contributed by atoms with Crippen LogP contribution in [0.5, 0.6) is 11.5 Å². The molecule has 0 aliphatic carbocycles. The van der Waals surface area contributed by atoms with Gasteiger partial charge in [-0.25, -0.2) is 13.2 Å². The van der Waals surface area contributed by atoms with Crippen molar-refractivity contribution in [1.82, 2.24) is 14.4 Å². The molecule has 1 heterocycles. The van der Waals surface area contributed by atoms with Gasteiger partial charge in [-0.15, -0.1) is 0 Å². The predicted octanol–water partition coefficient (Wildman–Crippen LogP) is 3.14. The number of esters is 1. The van der Waals surface area contributed by atoms with Gasteiger partial charge < -0.3 is 18.7 Å². The van der Waals surface area contributed by atoms with Crippen LogP contribution in [0.25, 0.3) is 11.4 Å². The molecule has 0 radical (unpaired) electrons. The van der Waals surface area contributed by atoms with Crippen LogP contribution in [-0.4, -0.2) is 56.1 Å². The zero-order valence-electron chi connectivity index (χ0n) is 18.8. The summed E-state index contributed by atoms with van der Waals surface area (Å²) in [7, 11) is -0.644. The first-order valence-electron chi connectivity index (χ1n) is 10.2. The average Bonchev–Trinajstić information content (AvgIpc) is 3.31. The van der Waals surface area contributed by atoms with Gasteiger partial charge in [-0.3, -0.25) is 0 Å². The van der Waals surface area contributed by atoms with Crippen molar-refractivity contribution < 1.29 is 31.9 Å². The Balaban J connectivity index is 1.72. The first-order valence-corrected chi connectivity index (χ1v) is 11.6. The molecule has 0 atom stereocenters. The summed E-state index contributed by atoms with van der Waals surface area (Å²) in [6, 6.07) is 10.8. The fourth-order valence-corrected chi connectivity index (χ4v) is 4.62. The van der Waals surface area contributed by atoms with Crippen LogP contribution in [0.15, 0.2) is 51.9 Å². The largest absolute Gasteiger partial charge is 0.497 e. The average molecular weight is 476 g/mol. The Kier molecular flexibility index (Phi) is 7.67. The Morgan fingerprint density at radius 1 is 1.06 bits per heavy atom. The van der Waals surface area contributed by atoms with Gasteiger partial charge in [-0.05, 0) is 30.3 Å². The highest BCUT2D eigenvalue weighted by molar-refractivity contribution is 7.89. The second-order valence-electron chi connectivity index (χ2n) is 6.77. The Morgan fingerprint density at radius 3 is 2.48 bits per heavy atom. The second kappa shape index (κ2) is 10.5. The monoisotopic (exact) mass is 475 g/mol. The summed E-state index contributed by atoms with van der Waals surface area (Å²) in [4.78, 5) is 16.8. The third-order valence-corrected chi connectivity index (χ3v) is 6.90. The number of rotatable bonds is 10. The van der Waals surface area contributed by atoms with Gasteiger partial charge in [-0.2, -0.15) is 9.29 Å². The quantitative estimate of drug-likeness (QED) is 0.407. The van der Waals surface area contributed by atoms with Crippen LogP contribution < -0.4 is 9.47 Å². The van der Waals surface area contributed by atoms with Crippen molar-refractivity contribution in [3.8, 4) is 22.9 Å². The van der Waals surface area contributed by atoms with Crippen LogP contribution in [0.1, 0.15) is 30.1 Å². The molecule has 0 aliphatic rings. The lowest BCUT2D eigenvalue weighted by atomic mass is 10.2. The van der Waals surface area contributed by atoms with Crippen molar-refractivity contribution in [2.45, 2.75) is 25.3 Å². The molecule has 0 unspecified atom stereocenters. The van der Waals surface area contributed by atoms with Gasteiger partial charge in [0.15, 0.2) is 6.61 Å². The van der Waals surface area contributed by atoms with E-state index in [1.807, 2.05) is 0 Å². The normalized spacial score (nSPS) is 11.4. The molecule has 1 aromatic heterocycles. The van der Waals surface area contributed by atoms with Gasteiger partial charge >= 0.3 is 5.97 Å². The number of hydrogen-bond donors (Lipinski definition) is 0. The van der Waals surface area contributed by atoms with E-state index in [9.17, 15) is 13.2 Å². The molecular formula is C22H25N3O7S. The van der Waals surface area contributed by atoms with Crippen LogP contribution >= 0.6 is 0 Å². The molecule has 0 spiro atoms. The molecule has 2 aromatic carbocycles. The molecule has 0 amide bonds. The molecule has 3 aromatic rings. The van der Waals surface area contributed by atoms with Crippen molar-refractivity contribution in [2.24, 2.45) is 0 Å². The van der Waals surface area contributed by atoms with Crippen molar-refractivity contribution in [2.75, 3.05) is 27.3 Å². The summed E-state index contributed by atoms with van der Waals surface area (Å²) >= 11 is 0. The van der Waals surface area contributed by atoms with Crippen molar-refractivity contribution >= 4 is 16.0 Å². The first-order chi connectivity index (χ1) is 15.8. The molecule has 33 heavy (non-hydrogen) atoms. The molecule has 0 bridgehead atoms. The van der Waals surface area contributed by atoms with Crippen LogP contribution in [0.3, 0.4) is 0 Å². The van der Waals surface area contributed by atoms with Crippen molar-refractivity contribution in [3.05, 3.63) is 53.9 Å². The van der Waals surface area contributed by atoms with Crippen molar-refractivity contribution in [1.29, 1.82) is 0 Å². The molecular weight excluding hydrogens is 450 g/mol. The van der Waals surface area contributed by atoms with Gasteiger partial charge in [-0.1, -0.05) is 25.1 Å². The summed E-state index contributed by atoms with van der Waals surface area (Å²) in [5.41, 5.74) is 0.675. The Morgan fingerprint density at radius 2 is 1.82 bits per heavy atom. The van der Waals surface area contributed by atoms with E-state index < -0.39 is 16.0 Å². The lowest BCUT2D eigenvalue weighted by Gasteiger charge is -2.18. The fraction of sp³-hybridized carbons (Fsp3) is 0.318. The summed E-state index contributed by atoms with van der Waals surface area (Å²) in [5.74, 6) is 0.716. The minimum atomic E-state index is -3.70. The number of aromatic nitrogens is 2. The third-order valence-electron chi connectivity index (χ3n) is 4.86. The van der Waals surface area contributed by atoms with Gasteiger partial charge in [0.1, 0.15) is 11.5 Å². The lowest BCUT2D eigenvalue weighted by Crippen LogP contribution is -2.30. The number of carbonyl (C=O) groups is 1. The number of nitrogens with zero attached hydrogens (tertiary/aromatic N) is 3. The number of sulfonamides is 1. The van der Waals surface area contributed by atoms with E-state index in [1.54, 1.807) is 39.2 Å². The molecule has 0 aliphatic heterocycles. The zero-order valence-corrected chi connectivity index (χ0v) is 19.6. The Labute approximate surface area is 192 Å². The number of methoxy groups -OCH3 is 2. The van der Waals surface area contributed by atoms with E-state index in [4.69, 9.17) is 18.7 Å². The van der Waals surface area contributed by atoms with Crippen LogP contribution in [0.2, 0.25) is 0 Å². The molecule has 10 nitrogen and oxygen atoms in total. The highest BCUT2D eigenvalue weighted by Crippen LogP contribution is 2.31. The fourth-order valence-electron chi connectivity index (χ4n) is 3.11. The van der Waals surface area contributed by atoms with E-state index in [2.05, 4.69) is 10.1 Å². The van der Waals surface area contributed by atoms with Crippen molar-refractivity contribution in [3.63, 3.8) is 0 Å². The maximum Gasteiger partial charge on any atom is 0.338 e. The van der Waals surface area contributed by atoms with Crippen LogP contribution in [0, 0.1) is 0 Å². The smallest absolute Gasteiger partial charge is 0.338 e. The van der Waals surface area contributed by atoms with Crippen LogP contribution in [-0.2, 0) is 21.4 Å². The topological polar surface area (TPSA) is 121 Å². The zero-order chi connectivity index (χ0) is 24.0. The molecule has 0 saturated carbocycles. The van der Waals surface area contributed by atoms with Gasteiger partial charge in [0.05, 0.1) is 30.2 Å². The minimum Gasteiger partial charge on any atom is -0.497 e. The number of carbonyl (C=O) groups excluding carboxylic acids is 1. The molecule has 0 N–H and O–H groups in total. The standard InChI is InChI=1S/C22H25N3O7S/c1-5-25(6-2)33(27,28)17-9-7-8-15(12-17)22(26)31-14-20-23-21(24-32-20)18-11-10-16(29-3)13-19(18)30-4/h7-13H,5-6,14H2,1-4H3. The number of benzene rings is 2. The van der Waals surface area contributed by atoms with Gasteiger partial charge in [0.2, 0.25) is 15.8 Å². The molecule has 176 valence electrons. The van der Waals surface area contributed by atoms with E-state index in [1.165, 1.54) is 35.7 Å². The molecule has 0 fully saturated rings. The maximum absolute atomic E-state index is 12.7. The Hall–Kier alpha value is -3.44. The highest BCUT2D eigenvalue weighted by Gasteiger charge is 2.23. The maximum atomic E-state index is 12.7. The second-order valence-corrected chi connectivity index (χ2v) is 8.71. The first kappa shape index (κ1) is 24.2.